The number of fused-ring (bicyclic) bond motifs is 1. The molecule has 1 aliphatic carbocycles. The summed E-state index contributed by atoms with van der Waals surface area (Å²) in [5.74, 6) is -0.641. The van der Waals surface area contributed by atoms with Gasteiger partial charge in [-0.25, -0.2) is 0 Å². The highest BCUT2D eigenvalue weighted by molar-refractivity contribution is 5.99. The highest BCUT2D eigenvalue weighted by Gasteiger charge is 2.45. The lowest BCUT2D eigenvalue weighted by Gasteiger charge is -2.32. The molecule has 0 unspecified atom stereocenters. The lowest BCUT2D eigenvalue weighted by Crippen LogP contribution is -2.44. The van der Waals surface area contributed by atoms with E-state index in [9.17, 15) is 22.8 Å². The number of alkyl halides is 3. The van der Waals surface area contributed by atoms with Crippen molar-refractivity contribution in [2.75, 3.05) is 19.6 Å². The van der Waals surface area contributed by atoms with Crippen molar-refractivity contribution in [3.8, 4) is 0 Å². The molecule has 2 N–H and O–H groups in total. The summed E-state index contributed by atoms with van der Waals surface area (Å²) in [6, 6.07) is 4.62. The van der Waals surface area contributed by atoms with Crippen molar-refractivity contribution >= 4 is 22.7 Å². The van der Waals surface area contributed by atoms with Crippen LogP contribution in [0.3, 0.4) is 0 Å². The van der Waals surface area contributed by atoms with Crippen LogP contribution in [0.25, 0.3) is 10.9 Å². The third-order valence-electron chi connectivity index (χ3n) is 5.73. The third-order valence-corrected chi connectivity index (χ3v) is 5.73. The van der Waals surface area contributed by atoms with Gasteiger partial charge in [0.15, 0.2) is 0 Å². The average Bonchev–Trinajstić information content (AvgIpc) is 3.24. The second-order valence-corrected chi connectivity index (χ2v) is 7.55. The van der Waals surface area contributed by atoms with Crippen molar-refractivity contribution in [3.05, 3.63) is 35.5 Å². The number of carbonyl (C=O) groups is 2. The normalized spacial score (nSPS) is 18.7. The summed E-state index contributed by atoms with van der Waals surface area (Å²) in [4.78, 5) is 29.1. The van der Waals surface area contributed by atoms with E-state index in [2.05, 4.69) is 10.3 Å². The highest BCUT2D eigenvalue weighted by atomic mass is 19.4. The molecular weight excluding hydrogens is 359 g/mol. The first kappa shape index (κ1) is 17.9. The molecule has 1 saturated heterocycles. The van der Waals surface area contributed by atoms with E-state index in [4.69, 9.17) is 0 Å². The Morgan fingerprint density at radius 1 is 1.11 bits per heavy atom. The molecule has 2 amide bonds. The Balaban J connectivity index is 1.37. The van der Waals surface area contributed by atoms with Crippen LogP contribution in [0.5, 0.6) is 0 Å². The van der Waals surface area contributed by atoms with Crippen molar-refractivity contribution in [1.29, 1.82) is 0 Å². The molecule has 2 aromatic rings. The van der Waals surface area contributed by atoms with Gasteiger partial charge >= 0.3 is 6.18 Å². The largest absolute Gasteiger partial charge is 0.416 e. The van der Waals surface area contributed by atoms with Crippen LogP contribution in [-0.4, -0.2) is 41.3 Å². The number of carbonyl (C=O) groups excluding carboxylic acids is 2. The molecule has 4 rings (SSSR count). The van der Waals surface area contributed by atoms with E-state index in [1.165, 1.54) is 25.0 Å². The van der Waals surface area contributed by atoms with Gasteiger partial charge < -0.3 is 15.2 Å². The molecule has 8 heteroatoms. The third kappa shape index (κ3) is 3.65. The predicted molar refractivity (Wildman–Crippen MR) is 93.1 cm³/mol. The number of hydrogen-bond donors (Lipinski definition) is 2. The monoisotopic (exact) mass is 379 g/mol. The first-order chi connectivity index (χ1) is 12.8. The highest BCUT2D eigenvalue weighted by Crippen LogP contribution is 2.53. The second kappa shape index (κ2) is 6.28. The van der Waals surface area contributed by atoms with Crippen LogP contribution in [0, 0.1) is 5.41 Å². The second-order valence-electron chi connectivity index (χ2n) is 7.55. The predicted octanol–water partition coefficient (Wildman–Crippen LogP) is 3.32. The zero-order valence-electron chi connectivity index (χ0n) is 14.7. The maximum Gasteiger partial charge on any atom is 0.416 e. The molecule has 1 saturated carbocycles. The summed E-state index contributed by atoms with van der Waals surface area (Å²) in [7, 11) is 0. The fourth-order valence-electron chi connectivity index (χ4n) is 3.70. The average molecular weight is 379 g/mol. The molecule has 1 aliphatic heterocycles. The van der Waals surface area contributed by atoms with Gasteiger partial charge in [-0.05, 0) is 55.4 Å². The summed E-state index contributed by atoms with van der Waals surface area (Å²) in [6.07, 6.45) is 0.116. The van der Waals surface area contributed by atoms with E-state index in [-0.39, 0.29) is 18.1 Å². The Labute approximate surface area is 153 Å². The number of amides is 2. The fraction of sp³-hybridized carbons (Fsp3) is 0.474. The van der Waals surface area contributed by atoms with Crippen molar-refractivity contribution in [2.24, 2.45) is 5.41 Å². The van der Waals surface area contributed by atoms with Gasteiger partial charge in [0, 0.05) is 24.0 Å². The summed E-state index contributed by atoms with van der Waals surface area (Å²) in [5.41, 5.74) is 0.271. The van der Waals surface area contributed by atoms with E-state index in [0.29, 0.717) is 16.3 Å². The standard InChI is InChI=1S/C19H20F3N3O2/c20-19(21,22)13-1-2-14-12(9-13)10-15(24-14)17(27)23-11-16(26)25-7-5-18(3-4-18)6-8-25/h1-2,9-10,24H,3-8,11H2,(H,23,27). The number of halogens is 3. The summed E-state index contributed by atoms with van der Waals surface area (Å²) < 4.78 is 38.4. The van der Waals surface area contributed by atoms with Gasteiger partial charge in [0.1, 0.15) is 5.69 Å². The number of likely N-dealkylation sites (tertiary alicyclic amines) is 1. The topological polar surface area (TPSA) is 65.2 Å². The van der Waals surface area contributed by atoms with Gasteiger partial charge in [-0.2, -0.15) is 13.2 Å². The van der Waals surface area contributed by atoms with Crippen LogP contribution < -0.4 is 5.32 Å². The molecule has 2 heterocycles. The van der Waals surface area contributed by atoms with E-state index < -0.39 is 17.6 Å². The number of nitrogens with one attached hydrogen (secondary N) is 2. The molecule has 27 heavy (non-hydrogen) atoms. The zero-order valence-corrected chi connectivity index (χ0v) is 14.7. The molecule has 144 valence electrons. The molecule has 1 aromatic heterocycles. The summed E-state index contributed by atoms with van der Waals surface area (Å²) in [5, 5.41) is 2.85. The molecule has 1 aromatic carbocycles. The van der Waals surface area contributed by atoms with Crippen LogP contribution in [-0.2, 0) is 11.0 Å². The van der Waals surface area contributed by atoms with E-state index in [1.54, 1.807) is 4.90 Å². The molecule has 2 fully saturated rings. The summed E-state index contributed by atoms with van der Waals surface area (Å²) in [6.45, 7) is 1.33. The molecule has 5 nitrogen and oxygen atoms in total. The van der Waals surface area contributed by atoms with Crippen molar-refractivity contribution in [1.82, 2.24) is 15.2 Å². The van der Waals surface area contributed by atoms with Crippen LogP contribution in [0.15, 0.2) is 24.3 Å². The Morgan fingerprint density at radius 3 is 2.44 bits per heavy atom. The molecular formula is C19H20F3N3O2. The molecule has 0 bridgehead atoms. The Kier molecular flexibility index (Phi) is 4.16. The van der Waals surface area contributed by atoms with E-state index in [1.807, 2.05) is 0 Å². The first-order valence-corrected chi connectivity index (χ1v) is 9.02. The van der Waals surface area contributed by atoms with Crippen LogP contribution >= 0.6 is 0 Å². The Morgan fingerprint density at radius 2 is 1.81 bits per heavy atom. The van der Waals surface area contributed by atoms with E-state index in [0.717, 1.165) is 38.1 Å². The van der Waals surface area contributed by atoms with Crippen LogP contribution in [0.4, 0.5) is 13.2 Å². The van der Waals surface area contributed by atoms with Crippen LogP contribution in [0.2, 0.25) is 0 Å². The molecule has 1 spiro atoms. The summed E-state index contributed by atoms with van der Waals surface area (Å²) >= 11 is 0. The van der Waals surface area contributed by atoms with Gasteiger partial charge in [-0.3, -0.25) is 9.59 Å². The minimum Gasteiger partial charge on any atom is -0.351 e. The number of rotatable bonds is 3. The van der Waals surface area contributed by atoms with Crippen molar-refractivity contribution in [3.63, 3.8) is 0 Å². The number of nitrogens with zero attached hydrogens (tertiary/aromatic N) is 1. The minimum atomic E-state index is -4.44. The van der Waals surface area contributed by atoms with Crippen molar-refractivity contribution in [2.45, 2.75) is 31.9 Å². The quantitative estimate of drug-likeness (QED) is 0.859. The first-order valence-electron chi connectivity index (χ1n) is 9.02. The molecule has 0 atom stereocenters. The maximum atomic E-state index is 12.8. The fourth-order valence-corrected chi connectivity index (χ4v) is 3.70. The number of aromatic nitrogens is 1. The number of piperidine rings is 1. The SMILES string of the molecule is O=C(NCC(=O)N1CCC2(CC1)CC2)c1cc2cc(C(F)(F)F)ccc2[nH]1. The molecule has 0 radical (unpaired) electrons. The number of hydrogen-bond acceptors (Lipinski definition) is 2. The van der Waals surface area contributed by atoms with Gasteiger partial charge in [0.05, 0.1) is 12.1 Å². The Hall–Kier alpha value is -2.51. The number of aromatic amines is 1. The van der Waals surface area contributed by atoms with Gasteiger partial charge in [-0.15, -0.1) is 0 Å². The van der Waals surface area contributed by atoms with Gasteiger partial charge in [0.25, 0.3) is 5.91 Å². The van der Waals surface area contributed by atoms with Gasteiger partial charge in [-0.1, -0.05) is 0 Å². The maximum absolute atomic E-state index is 12.8. The van der Waals surface area contributed by atoms with Gasteiger partial charge in [0.2, 0.25) is 5.91 Å². The number of H-pyrrole nitrogens is 1. The Bertz CT molecular complexity index is 889. The number of benzene rings is 1. The van der Waals surface area contributed by atoms with Crippen LogP contribution in [0.1, 0.15) is 41.7 Å². The minimum absolute atomic E-state index is 0.116. The zero-order chi connectivity index (χ0) is 19.2. The lowest BCUT2D eigenvalue weighted by atomic mass is 9.94. The van der Waals surface area contributed by atoms with Crippen molar-refractivity contribution < 1.29 is 22.8 Å². The molecule has 2 aliphatic rings. The van der Waals surface area contributed by atoms with E-state index >= 15 is 0 Å². The lowest BCUT2D eigenvalue weighted by molar-refractivity contribution is -0.137. The smallest absolute Gasteiger partial charge is 0.351 e.